The summed E-state index contributed by atoms with van der Waals surface area (Å²) in [7, 11) is 0. The zero-order valence-corrected chi connectivity index (χ0v) is 12.6. The summed E-state index contributed by atoms with van der Waals surface area (Å²) in [4.78, 5) is 16.2. The van der Waals surface area contributed by atoms with Crippen LogP contribution in [0.4, 0.5) is 0 Å². The lowest BCUT2D eigenvalue weighted by atomic mass is 10.2. The summed E-state index contributed by atoms with van der Waals surface area (Å²) in [6.07, 6.45) is 0. The van der Waals surface area contributed by atoms with E-state index in [-0.39, 0.29) is 11.9 Å². The monoisotopic (exact) mass is 280 g/mol. The fraction of sp³-hybridized carbons (Fsp3) is 0.714. The van der Waals surface area contributed by atoms with E-state index in [9.17, 15) is 4.79 Å². The minimum atomic E-state index is 0.110. The van der Waals surface area contributed by atoms with E-state index in [1.807, 2.05) is 26.8 Å². The molecule has 2 rings (SSSR count). The van der Waals surface area contributed by atoms with Crippen LogP contribution in [0.3, 0.4) is 0 Å². The standard InChI is InChI=1S/C14H24N4O2/c1-11(2)15-14(19)10-18-6-4-17(5-7-18)9-13-8-12(3)16-20-13/h8,11H,4-7,9-10H2,1-3H3,(H,15,19). The van der Waals surface area contributed by atoms with Gasteiger partial charge in [0.1, 0.15) is 0 Å². The maximum absolute atomic E-state index is 11.7. The van der Waals surface area contributed by atoms with Crippen molar-refractivity contribution >= 4 is 5.91 Å². The molecule has 1 aromatic heterocycles. The fourth-order valence-electron chi connectivity index (χ4n) is 2.39. The molecule has 1 amide bonds. The molecule has 1 fully saturated rings. The molecule has 1 saturated heterocycles. The molecule has 112 valence electrons. The molecule has 0 bridgehead atoms. The normalized spacial score (nSPS) is 17.6. The smallest absolute Gasteiger partial charge is 0.234 e. The fourth-order valence-corrected chi connectivity index (χ4v) is 2.39. The highest BCUT2D eigenvalue weighted by Crippen LogP contribution is 2.09. The average Bonchev–Trinajstić information content (AvgIpc) is 2.76. The highest BCUT2D eigenvalue weighted by molar-refractivity contribution is 5.78. The average molecular weight is 280 g/mol. The van der Waals surface area contributed by atoms with Gasteiger partial charge in [-0.05, 0) is 20.8 Å². The van der Waals surface area contributed by atoms with Gasteiger partial charge in [-0.2, -0.15) is 0 Å². The molecular formula is C14H24N4O2. The molecule has 1 aliphatic rings. The van der Waals surface area contributed by atoms with Gasteiger partial charge in [-0.3, -0.25) is 14.6 Å². The summed E-state index contributed by atoms with van der Waals surface area (Å²) < 4.78 is 5.23. The van der Waals surface area contributed by atoms with E-state index in [1.54, 1.807) is 0 Å². The largest absolute Gasteiger partial charge is 0.360 e. The van der Waals surface area contributed by atoms with Crippen molar-refractivity contribution in [1.29, 1.82) is 0 Å². The predicted molar refractivity (Wildman–Crippen MR) is 76.2 cm³/mol. The summed E-state index contributed by atoms with van der Waals surface area (Å²) in [5, 5.41) is 6.83. The van der Waals surface area contributed by atoms with Crippen LogP contribution < -0.4 is 5.32 Å². The first kappa shape index (κ1) is 15.0. The first-order valence-corrected chi connectivity index (χ1v) is 7.19. The van der Waals surface area contributed by atoms with E-state index in [0.29, 0.717) is 6.54 Å². The van der Waals surface area contributed by atoms with Crippen molar-refractivity contribution in [2.75, 3.05) is 32.7 Å². The van der Waals surface area contributed by atoms with Gasteiger partial charge in [0.25, 0.3) is 0 Å². The van der Waals surface area contributed by atoms with Crippen LogP contribution in [-0.2, 0) is 11.3 Å². The van der Waals surface area contributed by atoms with Gasteiger partial charge in [-0.25, -0.2) is 0 Å². The van der Waals surface area contributed by atoms with Gasteiger partial charge in [-0.15, -0.1) is 0 Å². The van der Waals surface area contributed by atoms with Crippen molar-refractivity contribution in [3.63, 3.8) is 0 Å². The number of amides is 1. The number of carbonyl (C=O) groups excluding carboxylic acids is 1. The third-order valence-corrected chi connectivity index (χ3v) is 3.34. The van der Waals surface area contributed by atoms with E-state index in [4.69, 9.17) is 4.52 Å². The quantitative estimate of drug-likeness (QED) is 0.857. The van der Waals surface area contributed by atoms with Crippen molar-refractivity contribution < 1.29 is 9.32 Å². The lowest BCUT2D eigenvalue weighted by Crippen LogP contribution is -2.49. The molecule has 0 aromatic carbocycles. The number of aryl methyl sites for hydroxylation is 1. The molecule has 0 unspecified atom stereocenters. The Hall–Kier alpha value is -1.40. The first-order chi connectivity index (χ1) is 9.52. The van der Waals surface area contributed by atoms with Gasteiger partial charge in [0.2, 0.25) is 5.91 Å². The zero-order valence-electron chi connectivity index (χ0n) is 12.6. The van der Waals surface area contributed by atoms with Crippen LogP contribution in [-0.4, -0.2) is 59.6 Å². The topological polar surface area (TPSA) is 61.6 Å². The molecule has 6 nitrogen and oxygen atoms in total. The summed E-state index contributed by atoms with van der Waals surface area (Å²) >= 11 is 0. The van der Waals surface area contributed by atoms with Gasteiger partial charge in [0.05, 0.1) is 18.8 Å². The van der Waals surface area contributed by atoms with Crippen molar-refractivity contribution in [2.24, 2.45) is 0 Å². The second kappa shape index (κ2) is 6.85. The number of nitrogens with one attached hydrogen (secondary N) is 1. The SMILES string of the molecule is Cc1cc(CN2CCN(CC(=O)NC(C)C)CC2)on1. The maximum Gasteiger partial charge on any atom is 0.234 e. The van der Waals surface area contributed by atoms with E-state index in [0.717, 1.165) is 44.2 Å². The molecule has 2 heterocycles. The molecule has 1 aromatic rings. The first-order valence-electron chi connectivity index (χ1n) is 7.19. The highest BCUT2D eigenvalue weighted by Gasteiger charge is 2.20. The molecule has 0 aliphatic carbocycles. The molecule has 20 heavy (non-hydrogen) atoms. The van der Waals surface area contributed by atoms with E-state index >= 15 is 0 Å². The van der Waals surface area contributed by atoms with Crippen molar-refractivity contribution in [2.45, 2.75) is 33.4 Å². The van der Waals surface area contributed by atoms with Crippen LogP contribution in [0.15, 0.2) is 10.6 Å². The van der Waals surface area contributed by atoms with Gasteiger partial charge in [0.15, 0.2) is 5.76 Å². The number of nitrogens with zero attached hydrogens (tertiary/aromatic N) is 3. The number of rotatable bonds is 5. The molecule has 1 N–H and O–H groups in total. The number of hydrogen-bond acceptors (Lipinski definition) is 5. The Bertz CT molecular complexity index is 436. The van der Waals surface area contributed by atoms with Crippen LogP contribution in [0.1, 0.15) is 25.3 Å². The second-order valence-electron chi connectivity index (χ2n) is 5.71. The number of piperazine rings is 1. The predicted octanol–water partition coefficient (Wildman–Crippen LogP) is 0.625. The summed E-state index contributed by atoms with van der Waals surface area (Å²) in [6.45, 7) is 10.9. The minimum absolute atomic E-state index is 0.110. The van der Waals surface area contributed by atoms with Crippen LogP contribution in [0.2, 0.25) is 0 Å². The van der Waals surface area contributed by atoms with Crippen molar-refractivity contribution in [3.8, 4) is 0 Å². The summed E-state index contributed by atoms with van der Waals surface area (Å²) in [5.74, 6) is 1.02. The summed E-state index contributed by atoms with van der Waals surface area (Å²) in [5.41, 5.74) is 0.920. The summed E-state index contributed by atoms with van der Waals surface area (Å²) in [6, 6.07) is 2.18. The number of hydrogen-bond donors (Lipinski definition) is 1. The molecule has 0 radical (unpaired) electrons. The van der Waals surface area contributed by atoms with Gasteiger partial charge < -0.3 is 9.84 Å². The van der Waals surface area contributed by atoms with Gasteiger partial charge in [-0.1, -0.05) is 5.16 Å². The Labute approximate surface area is 120 Å². The molecule has 0 spiro atoms. The third-order valence-electron chi connectivity index (χ3n) is 3.34. The Morgan fingerprint density at radius 1 is 1.35 bits per heavy atom. The minimum Gasteiger partial charge on any atom is -0.360 e. The van der Waals surface area contributed by atoms with Crippen LogP contribution in [0.25, 0.3) is 0 Å². The van der Waals surface area contributed by atoms with Gasteiger partial charge >= 0.3 is 0 Å². The third kappa shape index (κ3) is 4.61. The molecule has 0 atom stereocenters. The Kier molecular flexibility index (Phi) is 5.14. The lowest BCUT2D eigenvalue weighted by molar-refractivity contribution is -0.123. The Morgan fingerprint density at radius 2 is 2.00 bits per heavy atom. The maximum atomic E-state index is 11.7. The van der Waals surface area contributed by atoms with Crippen LogP contribution in [0, 0.1) is 6.92 Å². The molecule has 0 saturated carbocycles. The number of aromatic nitrogens is 1. The van der Waals surface area contributed by atoms with E-state index in [2.05, 4.69) is 20.3 Å². The number of carbonyl (C=O) groups is 1. The molecule has 1 aliphatic heterocycles. The Morgan fingerprint density at radius 3 is 2.55 bits per heavy atom. The van der Waals surface area contributed by atoms with Crippen LogP contribution >= 0.6 is 0 Å². The van der Waals surface area contributed by atoms with E-state index < -0.39 is 0 Å². The van der Waals surface area contributed by atoms with Crippen molar-refractivity contribution in [3.05, 3.63) is 17.5 Å². The lowest BCUT2D eigenvalue weighted by Gasteiger charge is -2.33. The highest BCUT2D eigenvalue weighted by atomic mass is 16.5. The van der Waals surface area contributed by atoms with Crippen LogP contribution in [0.5, 0.6) is 0 Å². The van der Waals surface area contributed by atoms with Gasteiger partial charge in [0, 0.05) is 38.3 Å². The molecule has 6 heteroatoms. The Balaban J connectivity index is 1.71. The second-order valence-corrected chi connectivity index (χ2v) is 5.71. The van der Waals surface area contributed by atoms with E-state index in [1.165, 1.54) is 0 Å². The molecular weight excluding hydrogens is 256 g/mol. The zero-order chi connectivity index (χ0) is 14.5. The van der Waals surface area contributed by atoms with Crippen molar-refractivity contribution in [1.82, 2.24) is 20.3 Å².